The molecule has 0 bridgehead atoms. The molecule has 1 fully saturated rings. The molecule has 0 atom stereocenters. The summed E-state index contributed by atoms with van der Waals surface area (Å²) in [5, 5.41) is 2.79. The van der Waals surface area contributed by atoms with E-state index in [2.05, 4.69) is 21.9 Å². The van der Waals surface area contributed by atoms with Crippen molar-refractivity contribution >= 4 is 23.8 Å². The molecule has 1 aliphatic heterocycles. The van der Waals surface area contributed by atoms with E-state index in [-0.39, 0.29) is 35.5 Å². The summed E-state index contributed by atoms with van der Waals surface area (Å²) in [5.41, 5.74) is 5.42. The fourth-order valence-electron chi connectivity index (χ4n) is 1.91. The second kappa shape index (κ2) is 5.39. The normalized spacial score (nSPS) is 16.5. The predicted octanol–water partition coefficient (Wildman–Crippen LogP) is 0.710. The van der Waals surface area contributed by atoms with Crippen LogP contribution in [0.4, 0.5) is 16.6 Å². The van der Waals surface area contributed by atoms with Crippen LogP contribution in [-0.2, 0) is 4.74 Å². The molecule has 2 amide bonds. The Labute approximate surface area is 122 Å². The van der Waals surface area contributed by atoms with E-state index in [0.29, 0.717) is 6.54 Å². The third-order valence-electron chi connectivity index (χ3n) is 2.84. The van der Waals surface area contributed by atoms with Crippen LogP contribution in [0.15, 0.2) is 18.9 Å². The maximum absolute atomic E-state index is 11.9. The molecule has 112 valence electrons. The molecule has 21 heavy (non-hydrogen) atoms. The number of carbonyl (C=O) groups is 2. The van der Waals surface area contributed by atoms with Gasteiger partial charge in [0.15, 0.2) is 0 Å². The fourth-order valence-corrected chi connectivity index (χ4v) is 1.91. The van der Waals surface area contributed by atoms with Crippen LogP contribution in [-0.4, -0.2) is 40.7 Å². The summed E-state index contributed by atoms with van der Waals surface area (Å²) in [6.45, 7) is 7.70. The minimum Gasteiger partial charge on any atom is -0.458 e. The van der Waals surface area contributed by atoms with Crippen molar-refractivity contribution < 1.29 is 14.3 Å². The average Bonchev–Trinajstić information content (AvgIpc) is 2.69. The molecule has 1 aromatic heterocycles. The first-order valence-electron chi connectivity index (χ1n) is 6.34. The van der Waals surface area contributed by atoms with Crippen LogP contribution in [0.3, 0.4) is 0 Å². The lowest BCUT2D eigenvalue weighted by Crippen LogP contribution is -2.36. The lowest BCUT2D eigenvalue weighted by Gasteiger charge is -2.16. The molecule has 8 nitrogen and oxygen atoms in total. The number of aromatic nitrogens is 2. The Morgan fingerprint density at radius 3 is 2.90 bits per heavy atom. The molecular formula is C13H17N5O3. The Kier molecular flexibility index (Phi) is 3.79. The number of nitrogens with one attached hydrogen (secondary N) is 1. The highest BCUT2D eigenvalue weighted by Gasteiger charge is 2.37. The first-order valence-corrected chi connectivity index (χ1v) is 6.34. The summed E-state index contributed by atoms with van der Waals surface area (Å²) >= 11 is 0. The lowest BCUT2D eigenvalue weighted by atomic mass is 10.1. The third-order valence-corrected chi connectivity index (χ3v) is 2.84. The summed E-state index contributed by atoms with van der Waals surface area (Å²) in [5.74, 6) is -0.521. The van der Waals surface area contributed by atoms with E-state index in [4.69, 9.17) is 10.5 Å². The van der Waals surface area contributed by atoms with Gasteiger partial charge in [0.2, 0.25) is 5.95 Å². The topological polar surface area (TPSA) is 110 Å². The average molecular weight is 291 g/mol. The van der Waals surface area contributed by atoms with Gasteiger partial charge in [0, 0.05) is 6.20 Å². The molecule has 2 heterocycles. The van der Waals surface area contributed by atoms with Crippen molar-refractivity contribution in [1.82, 2.24) is 15.3 Å². The Hall–Kier alpha value is -2.64. The maximum atomic E-state index is 11.9. The summed E-state index contributed by atoms with van der Waals surface area (Å²) in [6.07, 6.45) is 2.70. The molecular weight excluding hydrogens is 274 g/mol. The second-order valence-electron chi connectivity index (χ2n) is 5.26. The van der Waals surface area contributed by atoms with E-state index in [9.17, 15) is 9.59 Å². The Bertz CT molecular complexity index is 599. The largest absolute Gasteiger partial charge is 0.458 e. The summed E-state index contributed by atoms with van der Waals surface area (Å²) in [6, 6.07) is -0.304. The lowest BCUT2D eigenvalue weighted by molar-refractivity contribution is 0.0550. The highest BCUT2D eigenvalue weighted by atomic mass is 16.5. The van der Waals surface area contributed by atoms with E-state index < -0.39 is 5.97 Å². The quantitative estimate of drug-likeness (QED) is 0.624. The third kappa shape index (κ3) is 3.10. The van der Waals surface area contributed by atoms with E-state index in [0.717, 1.165) is 0 Å². The van der Waals surface area contributed by atoms with Crippen molar-refractivity contribution in [2.24, 2.45) is 0 Å². The van der Waals surface area contributed by atoms with Crippen molar-refractivity contribution in [3.05, 3.63) is 24.4 Å². The van der Waals surface area contributed by atoms with Gasteiger partial charge in [-0.2, -0.15) is 4.98 Å². The Morgan fingerprint density at radius 2 is 2.38 bits per heavy atom. The molecule has 8 heteroatoms. The smallest absolute Gasteiger partial charge is 0.343 e. The van der Waals surface area contributed by atoms with Crippen LogP contribution in [0.5, 0.6) is 0 Å². The fraction of sp³-hybridized carbons (Fsp3) is 0.385. The predicted molar refractivity (Wildman–Crippen MR) is 76.9 cm³/mol. The number of carbonyl (C=O) groups excluding carboxylic acids is 2. The number of nitrogens with two attached hydrogens (primary N) is 1. The summed E-state index contributed by atoms with van der Waals surface area (Å²) < 4.78 is 4.87. The van der Waals surface area contributed by atoms with Crippen molar-refractivity contribution in [3.63, 3.8) is 0 Å². The van der Waals surface area contributed by atoms with E-state index in [1.54, 1.807) is 0 Å². The molecule has 0 aliphatic carbocycles. The van der Waals surface area contributed by atoms with E-state index >= 15 is 0 Å². The van der Waals surface area contributed by atoms with E-state index in [1.165, 1.54) is 17.2 Å². The van der Waals surface area contributed by atoms with Crippen LogP contribution in [0.2, 0.25) is 0 Å². The maximum Gasteiger partial charge on any atom is 0.343 e. The molecule has 2 rings (SSSR count). The number of nitrogen functional groups attached to an aromatic ring is 1. The van der Waals surface area contributed by atoms with Gasteiger partial charge in [-0.05, 0) is 13.8 Å². The molecule has 0 unspecified atom stereocenters. The summed E-state index contributed by atoms with van der Waals surface area (Å²) in [4.78, 5) is 32.9. The zero-order chi connectivity index (χ0) is 15.6. The van der Waals surface area contributed by atoms with Gasteiger partial charge in [-0.15, -0.1) is 0 Å². The number of hydrogen-bond donors (Lipinski definition) is 2. The Morgan fingerprint density at radius 1 is 1.67 bits per heavy atom. The molecule has 1 aliphatic rings. The number of anilines is 2. The van der Waals surface area contributed by atoms with Crippen LogP contribution < -0.4 is 16.0 Å². The number of urea groups is 1. The molecule has 0 aromatic carbocycles. The van der Waals surface area contributed by atoms with Gasteiger partial charge in [-0.3, -0.25) is 4.90 Å². The molecule has 1 aromatic rings. The minimum atomic E-state index is -0.634. The van der Waals surface area contributed by atoms with Crippen LogP contribution in [0.1, 0.15) is 24.2 Å². The van der Waals surface area contributed by atoms with Crippen LogP contribution in [0.25, 0.3) is 0 Å². The number of nitrogens with zero attached hydrogens (tertiary/aromatic N) is 3. The van der Waals surface area contributed by atoms with E-state index in [1.807, 2.05) is 13.8 Å². The molecule has 0 saturated carbocycles. The molecule has 0 radical (unpaired) electrons. The van der Waals surface area contributed by atoms with Gasteiger partial charge in [-0.1, -0.05) is 12.7 Å². The van der Waals surface area contributed by atoms with Crippen molar-refractivity contribution in [1.29, 1.82) is 0 Å². The highest BCUT2D eigenvalue weighted by molar-refractivity contribution is 5.96. The molecule has 3 N–H and O–H groups in total. The van der Waals surface area contributed by atoms with Gasteiger partial charge in [-0.25, -0.2) is 14.6 Å². The first-order chi connectivity index (χ1) is 9.84. The van der Waals surface area contributed by atoms with Gasteiger partial charge >= 0.3 is 12.0 Å². The zero-order valence-electron chi connectivity index (χ0n) is 11.9. The van der Waals surface area contributed by atoms with Crippen molar-refractivity contribution in [3.8, 4) is 0 Å². The number of hydrogen-bond acceptors (Lipinski definition) is 6. The van der Waals surface area contributed by atoms with Gasteiger partial charge in [0.1, 0.15) is 18.0 Å². The van der Waals surface area contributed by atoms with Gasteiger partial charge < -0.3 is 15.8 Å². The first kappa shape index (κ1) is 14.8. The minimum absolute atomic E-state index is 0.0356. The molecule has 1 saturated heterocycles. The number of rotatable bonds is 4. The van der Waals surface area contributed by atoms with Crippen LogP contribution >= 0.6 is 0 Å². The summed E-state index contributed by atoms with van der Waals surface area (Å²) in [7, 11) is 0. The van der Waals surface area contributed by atoms with Crippen molar-refractivity contribution in [2.75, 3.05) is 23.8 Å². The zero-order valence-corrected chi connectivity index (χ0v) is 11.9. The van der Waals surface area contributed by atoms with Gasteiger partial charge in [0.25, 0.3) is 0 Å². The Balaban J connectivity index is 2.21. The second-order valence-corrected chi connectivity index (χ2v) is 5.26. The van der Waals surface area contributed by atoms with Crippen LogP contribution in [0, 0.1) is 0 Å². The monoisotopic (exact) mass is 291 g/mol. The number of amides is 2. The number of ether oxygens (including phenoxy) is 1. The van der Waals surface area contributed by atoms with Crippen molar-refractivity contribution in [2.45, 2.75) is 19.4 Å². The SMILES string of the molecule is C=CCOC(=O)c1cnc(N2CC(C)(C)NC2=O)nc1N. The highest BCUT2D eigenvalue weighted by Crippen LogP contribution is 2.21. The van der Waals surface area contributed by atoms with Gasteiger partial charge in [0.05, 0.1) is 12.1 Å². The molecule has 0 spiro atoms. The standard InChI is InChI=1S/C13H17N5O3/c1-4-5-21-10(19)8-6-15-11(16-9(8)14)18-7-13(2,3)17-12(18)20/h4,6H,1,5,7H2,2-3H3,(H,17,20)(H2,14,15,16). The number of esters is 1.